The van der Waals surface area contributed by atoms with Crippen molar-refractivity contribution in [3.8, 4) is 11.5 Å². The summed E-state index contributed by atoms with van der Waals surface area (Å²) in [6, 6.07) is 20.9. The van der Waals surface area contributed by atoms with Gasteiger partial charge in [-0.1, -0.05) is 42.5 Å². The van der Waals surface area contributed by atoms with Crippen molar-refractivity contribution in [1.82, 2.24) is 5.48 Å². The second-order valence-corrected chi connectivity index (χ2v) is 6.50. The SMILES string of the molecule is COc1cc(OC)cc(C(=O)Nc2ccc(C(C(=O)NO)c3ccccc3)cc2)c1. The van der Waals surface area contributed by atoms with Gasteiger partial charge in [0.2, 0.25) is 0 Å². The molecular formula is C23H22N2O5. The van der Waals surface area contributed by atoms with Gasteiger partial charge in [-0.2, -0.15) is 0 Å². The number of hydroxylamine groups is 1. The topological polar surface area (TPSA) is 96.9 Å². The summed E-state index contributed by atoms with van der Waals surface area (Å²) in [7, 11) is 3.03. The highest BCUT2D eigenvalue weighted by Crippen LogP contribution is 2.27. The third-order valence-electron chi connectivity index (χ3n) is 4.62. The van der Waals surface area contributed by atoms with E-state index >= 15 is 0 Å². The zero-order valence-electron chi connectivity index (χ0n) is 16.6. The fourth-order valence-corrected chi connectivity index (χ4v) is 3.11. The Balaban J connectivity index is 1.81. The van der Waals surface area contributed by atoms with Gasteiger partial charge in [-0.25, -0.2) is 5.48 Å². The summed E-state index contributed by atoms with van der Waals surface area (Å²) >= 11 is 0. The molecule has 0 spiro atoms. The monoisotopic (exact) mass is 406 g/mol. The van der Waals surface area contributed by atoms with Crippen molar-refractivity contribution in [3.63, 3.8) is 0 Å². The third-order valence-corrected chi connectivity index (χ3v) is 4.62. The normalized spacial score (nSPS) is 11.3. The van der Waals surface area contributed by atoms with E-state index in [1.54, 1.807) is 47.9 Å². The standard InChI is InChI=1S/C23H22N2O5/c1-29-19-12-17(13-20(14-19)30-2)22(26)24-18-10-8-16(9-11-18)21(23(27)25-28)15-6-4-3-5-7-15/h3-14,21,28H,1-2H3,(H,24,26)(H,25,27). The number of benzene rings is 3. The first-order valence-electron chi connectivity index (χ1n) is 9.19. The average molecular weight is 406 g/mol. The molecule has 7 heteroatoms. The Morgan fingerprint density at radius 1 is 0.833 bits per heavy atom. The quantitative estimate of drug-likeness (QED) is 0.412. The van der Waals surface area contributed by atoms with E-state index in [0.717, 1.165) is 5.56 Å². The van der Waals surface area contributed by atoms with E-state index in [1.165, 1.54) is 14.2 Å². The molecule has 3 aromatic rings. The van der Waals surface area contributed by atoms with Crippen molar-refractivity contribution >= 4 is 17.5 Å². The van der Waals surface area contributed by atoms with Gasteiger partial charge in [0, 0.05) is 17.3 Å². The number of amides is 2. The molecule has 0 aliphatic carbocycles. The summed E-state index contributed by atoms with van der Waals surface area (Å²) in [5, 5.41) is 11.9. The number of methoxy groups -OCH3 is 2. The van der Waals surface area contributed by atoms with Gasteiger partial charge in [-0.3, -0.25) is 14.8 Å². The molecule has 0 bridgehead atoms. The van der Waals surface area contributed by atoms with Gasteiger partial charge in [0.1, 0.15) is 11.5 Å². The third kappa shape index (κ3) is 4.76. The molecule has 0 fully saturated rings. The van der Waals surface area contributed by atoms with E-state index in [1.807, 2.05) is 30.3 Å². The van der Waals surface area contributed by atoms with Crippen molar-refractivity contribution in [3.05, 3.63) is 89.5 Å². The second kappa shape index (κ2) is 9.58. The summed E-state index contributed by atoms with van der Waals surface area (Å²) < 4.78 is 10.4. The zero-order chi connectivity index (χ0) is 21.5. The van der Waals surface area contributed by atoms with Crippen LogP contribution in [0.15, 0.2) is 72.8 Å². The molecule has 3 aromatic carbocycles. The van der Waals surface area contributed by atoms with Crippen LogP contribution in [0.5, 0.6) is 11.5 Å². The average Bonchev–Trinajstić information content (AvgIpc) is 2.80. The minimum atomic E-state index is -0.677. The highest BCUT2D eigenvalue weighted by molar-refractivity contribution is 6.04. The molecule has 0 aliphatic rings. The number of carbonyl (C=O) groups is 2. The van der Waals surface area contributed by atoms with Gasteiger partial charge in [0.25, 0.3) is 11.8 Å². The Bertz CT molecular complexity index is 997. The molecule has 7 nitrogen and oxygen atoms in total. The van der Waals surface area contributed by atoms with Gasteiger partial charge < -0.3 is 14.8 Å². The van der Waals surface area contributed by atoms with E-state index < -0.39 is 11.8 Å². The number of nitrogens with one attached hydrogen (secondary N) is 2. The maximum atomic E-state index is 12.6. The van der Waals surface area contributed by atoms with Crippen LogP contribution in [-0.4, -0.2) is 31.2 Å². The van der Waals surface area contributed by atoms with Gasteiger partial charge in [0.15, 0.2) is 0 Å². The van der Waals surface area contributed by atoms with Crippen LogP contribution in [0.2, 0.25) is 0 Å². The Kier molecular flexibility index (Phi) is 6.67. The Morgan fingerprint density at radius 3 is 1.93 bits per heavy atom. The van der Waals surface area contributed by atoms with Crippen LogP contribution in [0.1, 0.15) is 27.4 Å². The molecule has 3 N–H and O–H groups in total. The van der Waals surface area contributed by atoms with Crippen LogP contribution in [0.3, 0.4) is 0 Å². The summed E-state index contributed by atoms with van der Waals surface area (Å²) in [6.45, 7) is 0. The van der Waals surface area contributed by atoms with Crippen LogP contribution in [-0.2, 0) is 4.79 Å². The van der Waals surface area contributed by atoms with Crippen LogP contribution in [0, 0.1) is 0 Å². The van der Waals surface area contributed by atoms with Crippen molar-refractivity contribution < 1.29 is 24.3 Å². The lowest BCUT2D eigenvalue weighted by Gasteiger charge is -2.16. The van der Waals surface area contributed by atoms with Gasteiger partial charge in [0.05, 0.1) is 20.1 Å². The van der Waals surface area contributed by atoms with Crippen molar-refractivity contribution in [2.24, 2.45) is 0 Å². The van der Waals surface area contributed by atoms with Gasteiger partial charge in [-0.05, 0) is 35.4 Å². The molecule has 1 unspecified atom stereocenters. The molecule has 0 heterocycles. The van der Waals surface area contributed by atoms with Crippen molar-refractivity contribution in [2.75, 3.05) is 19.5 Å². The number of anilines is 1. The molecule has 0 radical (unpaired) electrons. The maximum Gasteiger partial charge on any atom is 0.255 e. The number of hydrogen-bond acceptors (Lipinski definition) is 5. The molecule has 154 valence electrons. The molecule has 2 amide bonds. The van der Waals surface area contributed by atoms with Crippen LogP contribution >= 0.6 is 0 Å². The van der Waals surface area contributed by atoms with E-state index in [2.05, 4.69) is 5.32 Å². The highest BCUT2D eigenvalue weighted by Gasteiger charge is 2.22. The fourth-order valence-electron chi connectivity index (χ4n) is 3.11. The fraction of sp³-hybridized carbons (Fsp3) is 0.130. The van der Waals surface area contributed by atoms with E-state index in [9.17, 15) is 9.59 Å². The first-order chi connectivity index (χ1) is 14.5. The zero-order valence-corrected chi connectivity index (χ0v) is 16.6. The van der Waals surface area contributed by atoms with E-state index in [4.69, 9.17) is 14.7 Å². The Hall–Kier alpha value is -3.84. The molecule has 30 heavy (non-hydrogen) atoms. The molecule has 3 rings (SSSR count). The first-order valence-corrected chi connectivity index (χ1v) is 9.19. The summed E-state index contributed by atoms with van der Waals surface area (Å²) in [5.74, 6) is -0.524. The first kappa shape index (κ1) is 20.9. The lowest BCUT2D eigenvalue weighted by molar-refractivity contribution is -0.129. The minimum Gasteiger partial charge on any atom is -0.497 e. The maximum absolute atomic E-state index is 12.6. The molecule has 0 aliphatic heterocycles. The van der Waals surface area contributed by atoms with Gasteiger partial charge >= 0.3 is 0 Å². The minimum absolute atomic E-state index is 0.326. The van der Waals surface area contributed by atoms with Crippen LogP contribution in [0.25, 0.3) is 0 Å². The van der Waals surface area contributed by atoms with Crippen LogP contribution < -0.4 is 20.3 Å². The van der Waals surface area contributed by atoms with Gasteiger partial charge in [-0.15, -0.1) is 0 Å². The Morgan fingerprint density at radius 2 is 1.40 bits per heavy atom. The molecule has 0 aromatic heterocycles. The smallest absolute Gasteiger partial charge is 0.255 e. The number of ether oxygens (including phenoxy) is 2. The van der Waals surface area contributed by atoms with Crippen molar-refractivity contribution in [1.29, 1.82) is 0 Å². The molecule has 0 saturated carbocycles. The number of carbonyl (C=O) groups excluding carboxylic acids is 2. The summed E-state index contributed by atoms with van der Waals surface area (Å²) in [4.78, 5) is 24.9. The lowest BCUT2D eigenvalue weighted by atomic mass is 9.90. The lowest BCUT2D eigenvalue weighted by Crippen LogP contribution is -2.27. The largest absolute Gasteiger partial charge is 0.497 e. The number of rotatable bonds is 7. The summed E-state index contributed by atoms with van der Waals surface area (Å²) in [5.41, 5.74) is 4.08. The predicted octanol–water partition coefficient (Wildman–Crippen LogP) is 3.59. The molecular weight excluding hydrogens is 384 g/mol. The van der Waals surface area contributed by atoms with E-state index in [0.29, 0.717) is 28.3 Å². The van der Waals surface area contributed by atoms with E-state index in [-0.39, 0.29) is 5.91 Å². The highest BCUT2D eigenvalue weighted by atomic mass is 16.5. The Labute approximate surface area is 174 Å². The van der Waals surface area contributed by atoms with Crippen molar-refractivity contribution in [2.45, 2.75) is 5.92 Å². The molecule has 0 saturated heterocycles. The second-order valence-electron chi connectivity index (χ2n) is 6.50. The molecule has 1 atom stereocenters. The summed E-state index contributed by atoms with van der Waals surface area (Å²) in [6.07, 6.45) is 0. The predicted molar refractivity (Wildman–Crippen MR) is 112 cm³/mol. The number of hydrogen-bond donors (Lipinski definition) is 3. The van der Waals surface area contributed by atoms with Crippen LogP contribution in [0.4, 0.5) is 5.69 Å².